The Labute approximate surface area is 132 Å². The van der Waals surface area contributed by atoms with Crippen LogP contribution in [0, 0.1) is 0 Å². The van der Waals surface area contributed by atoms with E-state index < -0.39 is 0 Å². The van der Waals surface area contributed by atoms with Gasteiger partial charge in [-0.15, -0.1) is 5.10 Å². The van der Waals surface area contributed by atoms with E-state index in [1.54, 1.807) is 11.0 Å². The Bertz CT molecular complexity index is 660. The van der Waals surface area contributed by atoms with Crippen molar-refractivity contribution in [3.8, 4) is 0 Å². The maximum atomic E-state index is 12.5. The molecule has 1 N–H and O–H groups in total. The van der Waals surface area contributed by atoms with Crippen LogP contribution in [0.3, 0.4) is 0 Å². The van der Waals surface area contributed by atoms with E-state index in [9.17, 15) is 4.79 Å². The first-order chi connectivity index (χ1) is 10.2. The largest absolute Gasteiger partial charge is 0.310 e. The molecule has 1 fully saturated rings. The van der Waals surface area contributed by atoms with Gasteiger partial charge in [-0.25, -0.2) is 4.98 Å². The SMILES string of the molecule is CCc1nc(SC2CCN(c3ccccc3Cl)C2=O)n[nH]1. The van der Waals surface area contributed by atoms with E-state index in [1.165, 1.54) is 11.8 Å². The number of nitrogens with one attached hydrogen (secondary N) is 1. The lowest BCUT2D eigenvalue weighted by atomic mass is 10.3. The first-order valence-electron chi connectivity index (χ1n) is 6.83. The number of halogens is 1. The maximum Gasteiger partial charge on any atom is 0.240 e. The Morgan fingerprint density at radius 3 is 3.00 bits per heavy atom. The minimum atomic E-state index is -0.151. The molecule has 1 atom stereocenters. The summed E-state index contributed by atoms with van der Waals surface area (Å²) in [4.78, 5) is 18.6. The molecule has 0 aliphatic carbocycles. The Hall–Kier alpha value is -1.53. The molecule has 1 aromatic heterocycles. The van der Waals surface area contributed by atoms with Gasteiger partial charge in [0.2, 0.25) is 11.1 Å². The first-order valence-corrected chi connectivity index (χ1v) is 8.08. The van der Waals surface area contributed by atoms with Gasteiger partial charge in [0.15, 0.2) is 0 Å². The van der Waals surface area contributed by atoms with Gasteiger partial charge in [0.25, 0.3) is 0 Å². The van der Waals surface area contributed by atoms with Crippen molar-refractivity contribution in [3.05, 3.63) is 35.1 Å². The number of aromatic nitrogens is 3. The summed E-state index contributed by atoms with van der Waals surface area (Å²) >= 11 is 7.58. The highest BCUT2D eigenvalue weighted by Crippen LogP contribution is 2.34. The van der Waals surface area contributed by atoms with Crippen LogP contribution in [0.2, 0.25) is 5.02 Å². The fourth-order valence-electron chi connectivity index (χ4n) is 2.29. The lowest BCUT2D eigenvalue weighted by Crippen LogP contribution is -2.28. The molecule has 1 unspecified atom stereocenters. The van der Waals surface area contributed by atoms with Crippen LogP contribution in [0.5, 0.6) is 0 Å². The van der Waals surface area contributed by atoms with Crippen molar-refractivity contribution >= 4 is 35.0 Å². The summed E-state index contributed by atoms with van der Waals surface area (Å²) in [6.45, 7) is 2.68. The molecule has 1 aromatic carbocycles. The minimum absolute atomic E-state index is 0.0657. The number of hydrogen-bond donors (Lipinski definition) is 1. The highest BCUT2D eigenvalue weighted by Gasteiger charge is 2.34. The fraction of sp³-hybridized carbons (Fsp3) is 0.357. The predicted molar refractivity (Wildman–Crippen MR) is 83.8 cm³/mol. The third-order valence-electron chi connectivity index (χ3n) is 3.39. The lowest BCUT2D eigenvalue weighted by Gasteiger charge is -2.17. The van der Waals surface area contributed by atoms with E-state index in [-0.39, 0.29) is 11.2 Å². The second kappa shape index (κ2) is 6.07. The number of hydrogen-bond acceptors (Lipinski definition) is 4. The highest BCUT2D eigenvalue weighted by molar-refractivity contribution is 8.00. The normalized spacial score (nSPS) is 18.5. The number of thioether (sulfide) groups is 1. The topological polar surface area (TPSA) is 61.9 Å². The summed E-state index contributed by atoms with van der Waals surface area (Å²) in [5.41, 5.74) is 0.775. The molecule has 2 aromatic rings. The third-order valence-corrected chi connectivity index (χ3v) is 4.83. The zero-order valence-electron chi connectivity index (χ0n) is 11.5. The van der Waals surface area contributed by atoms with Gasteiger partial charge >= 0.3 is 0 Å². The molecule has 1 aliphatic heterocycles. The molecule has 21 heavy (non-hydrogen) atoms. The summed E-state index contributed by atoms with van der Waals surface area (Å²) in [5.74, 6) is 0.904. The number of rotatable bonds is 4. The molecular weight excluding hydrogens is 308 g/mol. The molecule has 0 radical (unpaired) electrons. The number of benzene rings is 1. The van der Waals surface area contributed by atoms with Crippen LogP contribution in [0.15, 0.2) is 29.4 Å². The number of amides is 1. The summed E-state index contributed by atoms with van der Waals surface area (Å²) in [5, 5.41) is 8.08. The zero-order chi connectivity index (χ0) is 14.8. The van der Waals surface area contributed by atoms with E-state index in [0.29, 0.717) is 16.7 Å². The molecule has 1 aliphatic rings. The van der Waals surface area contributed by atoms with Crippen molar-refractivity contribution in [2.75, 3.05) is 11.4 Å². The van der Waals surface area contributed by atoms with E-state index in [2.05, 4.69) is 15.2 Å². The Kier molecular flexibility index (Phi) is 4.17. The maximum absolute atomic E-state index is 12.5. The molecule has 7 heteroatoms. The quantitative estimate of drug-likeness (QED) is 0.940. The summed E-state index contributed by atoms with van der Waals surface area (Å²) in [7, 11) is 0. The summed E-state index contributed by atoms with van der Waals surface area (Å²) in [6.07, 6.45) is 1.57. The third kappa shape index (κ3) is 2.91. The van der Waals surface area contributed by atoms with Crippen molar-refractivity contribution in [1.82, 2.24) is 15.2 Å². The second-order valence-corrected chi connectivity index (χ2v) is 6.33. The first kappa shape index (κ1) is 14.4. The number of H-pyrrole nitrogens is 1. The number of nitrogens with zero attached hydrogens (tertiary/aromatic N) is 3. The van der Waals surface area contributed by atoms with Crippen LogP contribution in [-0.2, 0) is 11.2 Å². The van der Waals surface area contributed by atoms with Gasteiger partial charge in [-0.05, 0) is 18.6 Å². The molecular formula is C14H15ClN4OS. The van der Waals surface area contributed by atoms with Gasteiger partial charge < -0.3 is 4.90 Å². The Morgan fingerprint density at radius 1 is 1.48 bits per heavy atom. The molecule has 0 spiro atoms. The van der Waals surface area contributed by atoms with Crippen LogP contribution >= 0.6 is 23.4 Å². The molecule has 1 saturated heterocycles. The van der Waals surface area contributed by atoms with E-state index in [1.807, 2.05) is 25.1 Å². The zero-order valence-corrected chi connectivity index (χ0v) is 13.1. The number of anilines is 1. The standard InChI is InChI=1S/C14H15ClN4OS/c1-2-12-16-14(18-17-12)21-11-7-8-19(13(11)20)10-6-4-3-5-9(10)15/h3-6,11H,2,7-8H2,1H3,(H,16,17,18). The number of carbonyl (C=O) groups is 1. The van der Waals surface area contributed by atoms with Gasteiger partial charge in [0, 0.05) is 13.0 Å². The molecule has 0 saturated carbocycles. The van der Waals surface area contributed by atoms with Crippen molar-refractivity contribution in [2.45, 2.75) is 30.2 Å². The van der Waals surface area contributed by atoms with E-state index >= 15 is 0 Å². The van der Waals surface area contributed by atoms with Gasteiger partial charge in [-0.3, -0.25) is 9.89 Å². The highest BCUT2D eigenvalue weighted by atomic mass is 35.5. The average molecular weight is 323 g/mol. The smallest absolute Gasteiger partial charge is 0.240 e. The van der Waals surface area contributed by atoms with Crippen molar-refractivity contribution in [1.29, 1.82) is 0 Å². The molecule has 1 amide bonds. The Morgan fingerprint density at radius 2 is 2.29 bits per heavy atom. The van der Waals surface area contributed by atoms with Crippen LogP contribution in [0.4, 0.5) is 5.69 Å². The van der Waals surface area contributed by atoms with Crippen LogP contribution in [0.1, 0.15) is 19.2 Å². The van der Waals surface area contributed by atoms with Gasteiger partial charge in [-0.2, -0.15) is 0 Å². The van der Waals surface area contributed by atoms with Gasteiger partial charge in [0.1, 0.15) is 5.82 Å². The summed E-state index contributed by atoms with van der Waals surface area (Å²) in [6, 6.07) is 7.42. The Balaban J connectivity index is 1.73. The number of aryl methyl sites for hydroxylation is 1. The van der Waals surface area contributed by atoms with Crippen LogP contribution < -0.4 is 4.90 Å². The van der Waals surface area contributed by atoms with Crippen molar-refractivity contribution in [2.24, 2.45) is 0 Å². The van der Waals surface area contributed by atoms with E-state index in [0.717, 1.165) is 24.4 Å². The van der Waals surface area contributed by atoms with Crippen LogP contribution in [0.25, 0.3) is 0 Å². The summed E-state index contributed by atoms with van der Waals surface area (Å²) < 4.78 is 0. The van der Waals surface area contributed by atoms with Crippen molar-refractivity contribution < 1.29 is 4.79 Å². The molecule has 2 heterocycles. The van der Waals surface area contributed by atoms with Gasteiger partial charge in [0.05, 0.1) is 16.0 Å². The minimum Gasteiger partial charge on any atom is -0.310 e. The molecule has 3 rings (SSSR count). The van der Waals surface area contributed by atoms with Crippen LogP contribution in [-0.4, -0.2) is 32.9 Å². The van der Waals surface area contributed by atoms with Crippen molar-refractivity contribution in [3.63, 3.8) is 0 Å². The fourth-order valence-corrected chi connectivity index (χ4v) is 3.49. The molecule has 110 valence electrons. The second-order valence-electron chi connectivity index (χ2n) is 4.75. The number of carbonyl (C=O) groups excluding carboxylic acids is 1. The molecule has 0 bridgehead atoms. The monoisotopic (exact) mass is 322 g/mol. The molecule has 5 nitrogen and oxygen atoms in total. The number of aromatic amines is 1. The lowest BCUT2D eigenvalue weighted by molar-refractivity contribution is -0.116. The van der Waals surface area contributed by atoms with Gasteiger partial charge in [-0.1, -0.05) is 42.4 Å². The van der Waals surface area contributed by atoms with E-state index in [4.69, 9.17) is 11.6 Å². The predicted octanol–water partition coefficient (Wildman–Crippen LogP) is 2.92. The number of para-hydroxylation sites is 1. The average Bonchev–Trinajstić information content (AvgIpc) is 3.08.